The van der Waals surface area contributed by atoms with Gasteiger partial charge in [0.25, 0.3) is 0 Å². The summed E-state index contributed by atoms with van der Waals surface area (Å²) < 4.78 is 2.46. The zero-order chi connectivity index (χ0) is 16.8. The van der Waals surface area contributed by atoms with Gasteiger partial charge in [-0.15, -0.1) is 0 Å². The van der Waals surface area contributed by atoms with E-state index in [9.17, 15) is 0 Å². The highest BCUT2D eigenvalue weighted by atomic mass is 33.1. The number of thiocarbonyl (C=S) groups is 2. The summed E-state index contributed by atoms with van der Waals surface area (Å²) in [5, 5.41) is 0. The number of hydrogen-bond donors (Lipinski definition) is 0. The summed E-state index contributed by atoms with van der Waals surface area (Å²) in [6, 6.07) is 0. The Morgan fingerprint density at radius 3 is 1.46 bits per heavy atom. The lowest BCUT2D eigenvalue weighted by Gasteiger charge is -2.35. The molecule has 24 heavy (non-hydrogen) atoms. The summed E-state index contributed by atoms with van der Waals surface area (Å²) in [6.45, 7) is 4.61. The molecule has 0 aromatic heterocycles. The van der Waals surface area contributed by atoms with Gasteiger partial charge >= 0.3 is 0 Å². The van der Waals surface area contributed by atoms with Crippen LogP contribution >= 0.6 is 67.6 Å². The van der Waals surface area contributed by atoms with E-state index in [0.717, 1.165) is 34.8 Å². The number of nitrogens with zero attached hydrogens (tertiary/aromatic N) is 2. The number of hydrogen-bond acceptors (Lipinski definition) is 6. The van der Waals surface area contributed by atoms with Crippen LogP contribution in [0.25, 0.3) is 0 Å². The topological polar surface area (TPSA) is 6.48 Å². The van der Waals surface area contributed by atoms with Crippen molar-refractivity contribution in [3.8, 4) is 0 Å². The van der Waals surface area contributed by atoms with Gasteiger partial charge in [-0.05, 0) is 60.1 Å². The third-order valence-electron chi connectivity index (χ3n) is 4.87. The van der Waals surface area contributed by atoms with Gasteiger partial charge in [0.15, 0.2) is 0 Å². The summed E-state index contributed by atoms with van der Waals surface area (Å²) in [4.78, 5) is 4.77. The lowest BCUT2D eigenvalue weighted by atomic mass is 10.00. The van der Waals surface area contributed by atoms with Crippen LogP contribution in [0.15, 0.2) is 0 Å². The zero-order valence-corrected chi connectivity index (χ0v) is 18.9. The second-order valence-corrected chi connectivity index (χ2v) is 13.3. The SMILES string of the molecule is S=C(SSC1(SSC(=S)N2CCCC2)CCCCC1)N1CCCC1. The highest BCUT2D eigenvalue weighted by Crippen LogP contribution is 2.57. The standard InChI is InChI=1S/C16H26N2S6/c19-14(17-10-4-5-11-17)21-23-16(8-2-1-3-9-16)24-22-15(20)18-12-6-7-13-18/h1-13H2. The van der Waals surface area contributed by atoms with Crippen LogP contribution in [0.3, 0.4) is 0 Å². The van der Waals surface area contributed by atoms with Crippen molar-refractivity contribution in [2.24, 2.45) is 0 Å². The minimum atomic E-state index is 0.279. The van der Waals surface area contributed by atoms with E-state index in [1.165, 1.54) is 57.8 Å². The van der Waals surface area contributed by atoms with Gasteiger partial charge in [-0.25, -0.2) is 0 Å². The van der Waals surface area contributed by atoms with Crippen molar-refractivity contribution in [2.45, 2.75) is 61.9 Å². The van der Waals surface area contributed by atoms with Gasteiger partial charge in [-0.3, -0.25) is 0 Å². The molecule has 0 radical (unpaired) electrons. The molecule has 0 aromatic rings. The first-order valence-corrected chi connectivity index (χ1v) is 14.1. The Morgan fingerprint density at radius 1 is 0.625 bits per heavy atom. The smallest absolute Gasteiger partial charge is 0.147 e. The fourth-order valence-electron chi connectivity index (χ4n) is 3.40. The first-order chi connectivity index (χ1) is 11.7. The lowest BCUT2D eigenvalue weighted by molar-refractivity contribution is 0.494. The number of rotatable bonds is 4. The Labute approximate surface area is 173 Å². The van der Waals surface area contributed by atoms with Crippen molar-refractivity contribution < 1.29 is 0 Å². The van der Waals surface area contributed by atoms with Crippen molar-refractivity contribution in [1.29, 1.82) is 0 Å². The third kappa shape index (κ3) is 5.59. The van der Waals surface area contributed by atoms with Crippen LogP contribution in [0.2, 0.25) is 0 Å². The molecule has 2 nitrogen and oxygen atoms in total. The predicted octanol–water partition coefficient (Wildman–Crippen LogP) is 6.17. The molecule has 136 valence electrons. The Kier molecular flexibility index (Phi) is 8.24. The fourth-order valence-corrected chi connectivity index (χ4v) is 11.0. The molecule has 0 aromatic carbocycles. The molecule has 0 atom stereocenters. The van der Waals surface area contributed by atoms with E-state index < -0.39 is 0 Å². The highest BCUT2D eigenvalue weighted by Gasteiger charge is 2.36. The summed E-state index contributed by atoms with van der Waals surface area (Å²) in [6.07, 6.45) is 11.8. The minimum absolute atomic E-state index is 0.279. The Morgan fingerprint density at radius 2 is 1.04 bits per heavy atom. The maximum Gasteiger partial charge on any atom is 0.147 e. The Bertz CT molecular complexity index is 406. The fraction of sp³-hybridized carbons (Fsp3) is 0.875. The molecule has 3 aliphatic rings. The van der Waals surface area contributed by atoms with E-state index in [2.05, 4.69) is 9.80 Å². The average molecular weight is 439 g/mol. The van der Waals surface area contributed by atoms with Crippen LogP contribution in [0.5, 0.6) is 0 Å². The van der Waals surface area contributed by atoms with E-state index >= 15 is 0 Å². The van der Waals surface area contributed by atoms with Crippen LogP contribution < -0.4 is 0 Å². The molecule has 1 saturated carbocycles. The highest BCUT2D eigenvalue weighted by molar-refractivity contribution is 8.91. The summed E-state index contributed by atoms with van der Waals surface area (Å²) in [5.41, 5.74) is 0. The molecule has 0 spiro atoms. The van der Waals surface area contributed by atoms with Gasteiger partial charge in [-0.2, -0.15) is 0 Å². The van der Waals surface area contributed by atoms with E-state index in [4.69, 9.17) is 24.4 Å². The average Bonchev–Trinajstić information content (AvgIpc) is 3.32. The van der Waals surface area contributed by atoms with Gasteiger partial charge in [0.05, 0.1) is 4.08 Å². The van der Waals surface area contributed by atoms with Crippen LogP contribution in [-0.2, 0) is 0 Å². The monoisotopic (exact) mass is 438 g/mol. The zero-order valence-electron chi connectivity index (χ0n) is 14.0. The second-order valence-electron chi connectivity index (χ2n) is 6.72. The second kappa shape index (κ2) is 9.93. The van der Waals surface area contributed by atoms with Gasteiger partial charge in [0.2, 0.25) is 0 Å². The van der Waals surface area contributed by atoms with Crippen molar-refractivity contribution >= 4 is 76.3 Å². The normalized spacial score (nSPS) is 23.7. The minimum Gasteiger partial charge on any atom is -0.357 e. The molecule has 3 rings (SSSR count). The van der Waals surface area contributed by atoms with Crippen molar-refractivity contribution in [1.82, 2.24) is 9.80 Å². The molecule has 8 heteroatoms. The van der Waals surface area contributed by atoms with Crippen molar-refractivity contribution in [2.75, 3.05) is 26.2 Å². The third-order valence-corrected chi connectivity index (χ3v) is 13.4. The summed E-state index contributed by atoms with van der Waals surface area (Å²) >= 11 is 11.3. The predicted molar refractivity (Wildman–Crippen MR) is 123 cm³/mol. The van der Waals surface area contributed by atoms with E-state index in [-0.39, 0.29) is 4.08 Å². The lowest BCUT2D eigenvalue weighted by Crippen LogP contribution is -2.27. The molecule has 2 aliphatic heterocycles. The molecule has 0 unspecified atom stereocenters. The van der Waals surface area contributed by atoms with E-state index in [0.29, 0.717) is 0 Å². The van der Waals surface area contributed by atoms with E-state index in [1.807, 2.05) is 43.2 Å². The molecule has 0 bridgehead atoms. The van der Waals surface area contributed by atoms with Gasteiger partial charge in [-0.1, -0.05) is 65.3 Å². The largest absolute Gasteiger partial charge is 0.357 e. The summed E-state index contributed by atoms with van der Waals surface area (Å²) in [5.74, 6) is 0. The van der Waals surface area contributed by atoms with Crippen molar-refractivity contribution in [3.05, 3.63) is 0 Å². The van der Waals surface area contributed by atoms with Crippen LogP contribution in [-0.4, -0.2) is 48.7 Å². The first-order valence-electron chi connectivity index (χ1n) is 8.98. The summed E-state index contributed by atoms with van der Waals surface area (Å²) in [7, 11) is 7.74. The maximum absolute atomic E-state index is 5.67. The van der Waals surface area contributed by atoms with Gasteiger partial charge in [0, 0.05) is 26.2 Å². The molecular weight excluding hydrogens is 413 g/mol. The molecule has 2 saturated heterocycles. The molecule has 0 amide bonds. The quantitative estimate of drug-likeness (QED) is 0.288. The molecule has 3 fully saturated rings. The van der Waals surface area contributed by atoms with Crippen LogP contribution in [0, 0.1) is 0 Å². The maximum atomic E-state index is 5.67. The Balaban J connectivity index is 1.51. The number of likely N-dealkylation sites (tertiary alicyclic amines) is 2. The molecule has 1 aliphatic carbocycles. The molecule has 2 heterocycles. The molecule has 0 N–H and O–H groups in total. The Hall–Kier alpha value is 1.18. The van der Waals surface area contributed by atoms with Gasteiger partial charge in [0.1, 0.15) is 8.64 Å². The van der Waals surface area contributed by atoms with Crippen LogP contribution in [0.4, 0.5) is 0 Å². The van der Waals surface area contributed by atoms with E-state index in [1.54, 1.807) is 0 Å². The van der Waals surface area contributed by atoms with Crippen LogP contribution in [0.1, 0.15) is 57.8 Å². The van der Waals surface area contributed by atoms with Crippen molar-refractivity contribution in [3.63, 3.8) is 0 Å². The molecular formula is C16H26N2S6. The van der Waals surface area contributed by atoms with Gasteiger partial charge < -0.3 is 9.80 Å². The first kappa shape index (κ1) is 19.9.